The van der Waals surface area contributed by atoms with Crippen LogP contribution < -0.4 is 5.09 Å². The first kappa shape index (κ1) is 24.9. The predicted molar refractivity (Wildman–Crippen MR) is 121 cm³/mol. The minimum absolute atomic E-state index is 0.0894. The third-order valence-corrected chi connectivity index (χ3v) is 8.04. The Morgan fingerprint density at radius 3 is 2.70 bits per heavy atom. The molecule has 2 atom stereocenters. The highest BCUT2D eigenvalue weighted by Crippen LogP contribution is 2.44. The van der Waals surface area contributed by atoms with E-state index in [0.717, 1.165) is 25.0 Å². The summed E-state index contributed by atoms with van der Waals surface area (Å²) in [6.07, 6.45) is 3.47. The fraction of sp³-hybridized carbons (Fsp3) is 0.619. The van der Waals surface area contributed by atoms with Gasteiger partial charge in [-0.1, -0.05) is 30.3 Å². The predicted octanol–water partition coefficient (Wildman–Crippen LogP) is 3.68. The van der Waals surface area contributed by atoms with E-state index in [0.29, 0.717) is 25.1 Å². The summed E-state index contributed by atoms with van der Waals surface area (Å²) in [5.41, 5.74) is 1.25. The van der Waals surface area contributed by atoms with Crippen molar-refractivity contribution in [3.8, 4) is 0 Å². The molecule has 1 fully saturated rings. The highest BCUT2D eigenvalue weighted by Gasteiger charge is 2.34. The lowest BCUT2D eigenvalue weighted by atomic mass is 10.1. The molecule has 1 heterocycles. The van der Waals surface area contributed by atoms with Gasteiger partial charge in [0.2, 0.25) is 5.91 Å². The van der Waals surface area contributed by atoms with Gasteiger partial charge in [0.15, 0.2) is 0 Å². The molecule has 0 aliphatic carbocycles. The van der Waals surface area contributed by atoms with Gasteiger partial charge in [0.25, 0.3) is 7.52 Å². The number of rotatable bonds is 12. The van der Waals surface area contributed by atoms with Crippen molar-refractivity contribution in [1.82, 2.24) is 9.99 Å². The molecule has 2 unspecified atom stereocenters. The molecule has 168 valence electrons. The highest BCUT2D eigenvalue weighted by atomic mass is 32.2. The third kappa shape index (κ3) is 8.42. The smallest absolute Gasteiger partial charge is 0.325 e. The van der Waals surface area contributed by atoms with Gasteiger partial charge in [-0.25, -0.2) is 5.09 Å². The Morgan fingerprint density at radius 1 is 1.23 bits per heavy atom. The van der Waals surface area contributed by atoms with Crippen LogP contribution in [0.25, 0.3) is 0 Å². The van der Waals surface area contributed by atoms with Crippen LogP contribution in [-0.4, -0.2) is 60.4 Å². The molecular formula is C21H33N2O5PS. The second-order valence-electron chi connectivity index (χ2n) is 7.11. The van der Waals surface area contributed by atoms with E-state index in [9.17, 15) is 14.2 Å². The zero-order valence-corrected chi connectivity index (χ0v) is 19.6. The molecule has 1 aliphatic heterocycles. The van der Waals surface area contributed by atoms with Crippen LogP contribution in [0.3, 0.4) is 0 Å². The van der Waals surface area contributed by atoms with Crippen LogP contribution in [0.15, 0.2) is 30.3 Å². The van der Waals surface area contributed by atoms with E-state index < -0.39 is 19.5 Å². The number of benzene rings is 1. The first-order valence-electron chi connectivity index (χ1n) is 10.5. The number of aryl methyl sites for hydroxylation is 1. The largest absolute Gasteiger partial charge is 0.465 e. The van der Waals surface area contributed by atoms with Crippen LogP contribution in [0.4, 0.5) is 0 Å². The molecule has 1 amide bonds. The van der Waals surface area contributed by atoms with Crippen molar-refractivity contribution in [2.75, 3.05) is 37.6 Å². The summed E-state index contributed by atoms with van der Waals surface area (Å²) in [5.74, 6) is 0.507. The van der Waals surface area contributed by atoms with Gasteiger partial charge in [-0.3, -0.25) is 14.2 Å². The Morgan fingerprint density at radius 2 is 2.00 bits per heavy atom. The second kappa shape index (κ2) is 13.2. The Labute approximate surface area is 183 Å². The average Bonchev–Trinajstić information content (AvgIpc) is 2.88. The number of hydrogen-bond donors (Lipinski definition) is 1. The maximum Gasteiger partial charge on any atom is 0.325 e. The number of carbonyl (C=O) groups excluding carboxylic acids is 2. The van der Waals surface area contributed by atoms with E-state index in [1.165, 1.54) is 10.5 Å². The Kier molecular flexibility index (Phi) is 10.9. The zero-order valence-electron chi connectivity index (χ0n) is 17.9. The molecule has 0 radical (unpaired) electrons. The molecule has 1 N–H and O–H groups in total. The van der Waals surface area contributed by atoms with Crippen LogP contribution >= 0.6 is 19.3 Å². The van der Waals surface area contributed by atoms with Crippen LogP contribution in [0.2, 0.25) is 0 Å². The van der Waals surface area contributed by atoms with Gasteiger partial charge in [-0.15, -0.1) is 11.8 Å². The van der Waals surface area contributed by atoms with Gasteiger partial charge >= 0.3 is 5.97 Å². The summed E-state index contributed by atoms with van der Waals surface area (Å²) >= 11 is 1.58. The van der Waals surface area contributed by atoms with Gasteiger partial charge in [-0.05, 0) is 50.8 Å². The van der Waals surface area contributed by atoms with E-state index >= 15 is 0 Å². The quantitative estimate of drug-likeness (QED) is 0.292. The monoisotopic (exact) mass is 456 g/mol. The first-order chi connectivity index (χ1) is 14.5. The normalized spacial score (nSPS) is 19.2. The number of unbranched alkanes of at least 4 members (excludes halogenated alkanes) is 1. The minimum Gasteiger partial charge on any atom is -0.465 e. The second-order valence-corrected chi connectivity index (χ2v) is 10.5. The number of thioether (sulfide) groups is 1. The van der Waals surface area contributed by atoms with Crippen LogP contribution in [0.1, 0.15) is 38.7 Å². The highest BCUT2D eigenvalue weighted by molar-refractivity contribution is 7.99. The number of esters is 1. The molecule has 2 rings (SSSR count). The zero-order chi connectivity index (χ0) is 21.8. The van der Waals surface area contributed by atoms with Crippen molar-refractivity contribution < 1.29 is 23.4 Å². The number of amides is 1. The molecule has 0 spiro atoms. The SMILES string of the molecule is CCOC(=O)CN1CSCCC(NP(=O)(CCCCc2ccccc2)OCC)C1=O. The van der Waals surface area contributed by atoms with Crippen molar-refractivity contribution in [1.29, 1.82) is 0 Å². The lowest BCUT2D eigenvalue weighted by Gasteiger charge is -2.27. The molecule has 1 aromatic rings. The van der Waals surface area contributed by atoms with Crippen molar-refractivity contribution in [2.24, 2.45) is 0 Å². The number of nitrogens with zero attached hydrogens (tertiary/aromatic N) is 1. The van der Waals surface area contributed by atoms with Crippen LogP contribution in [0.5, 0.6) is 0 Å². The molecule has 7 nitrogen and oxygen atoms in total. The standard InChI is InChI=1S/C21H33N2O5PS/c1-3-27-20(24)16-23-17-30-15-13-19(21(23)25)22-29(26,28-4-2)14-9-8-12-18-10-6-5-7-11-18/h5-7,10-11,19H,3-4,8-9,12-17H2,1-2H3,(H,22,26). The minimum atomic E-state index is -3.16. The topological polar surface area (TPSA) is 84.9 Å². The van der Waals surface area contributed by atoms with E-state index in [2.05, 4.69) is 17.2 Å². The van der Waals surface area contributed by atoms with Gasteiger partial charge in [0.05, 0.1) is 25.1 Å². The lowest BCUT2D eigenvalue weighted by molar-refractivity contribution is -0.148. The van der Waals surface area contributed by atoms with Crippen molar-refractivity contribution >= 4 is 31.2 Å². The van der Waals surface area contributed by atoms with Crippen LogP contribution in [0, 0.1) is 0 Å². The number of hydrogen-bond acceptors (Lipinski definition) is 6. The van der Waals surface area contributed by atoms with Crippen molar-refractivity contribution in [2.45, 2.75) is 45.6 Å². The average molecular weight is 457 g/mol. The molecule has 1 aromatic carbocycles. The van der Waals surface area contributed by atoms with Gasteiger partial charge in [-0.2, -0.15) is 0 Å². The van der Waals surface area contributed by atoms with Crippen LogP contribution in [-0.2, 0) is 29.8 Å². The summed E-state index contributed by atoms with van der Waals surface area (Å²) < 4.78 is 24.0. The maximum absolute atomic E-state index is 13.4. The van der Waals surface area contributed by atoms with E-state index in [1.807, 2.05) is 18.2 Å². The first-order valence-corrected chi connectivity index (χ1v) is 13.5. The number of carbonyl (C=O) groups is 2. The van der Waals surface area contributed by atoms with E-state index in [1.54, 1.807) is 25.6 Å². The third-order valence-electron chi connectivity index (χ3n) is 4.73. The molecule has 9 heteroatoms. The van der Waals surface area contributed by atoms with E-state index in [-0.39, 0.29) is 19.1 Å². The molecule has 0 bridgehead atoms. The van der Waals surface area contributed by atoms with E-state index in [4.69, 9.17) is 9.26 Å². The molecule has 1 saturated heterocycles. The summed E-state index contributed by atoms with van der Waals surface area (Å²) in [6.45, 7) is 4.03. The summed E-state index contributed by atoms with van der Waals surface area (Å²) in [7, 11) is -3.16. The number of nitrogens with one attached hydrogen (secondary N) is 1. The summed E-state index contributed by atoms with van der Waals surface area (Å²) in [4.78, 5) is 26.2. The lowest BCUT2D eigenvalue weighted by Crippen LogP contribution is -2.46. The fourth-order valence-electron chi connectivity index (χ4n) is 3.30. The Hall–Kier alpha value is -1.34. The summed E-state index contributed by atoms with van der Waals surface area (Å²) in [5, 5.41) is 3.03. The molecule has 0 aromatic heterocycles. The van der Waals surface area contributed by atoms with Gasteiger partial charge in [0, 0.05) is 6.16 Å². The number of ether oxygens (including phenoxy) is 1. The molecule has 30 heavy (non-hydrogen) atoms. The Bertz CT molecular complexity index is 719. The maximum atomic E-state index is 13.4. The van der Waals surface area contributed by atoms with Crippen molar-refractivity contribution in [3.05, 3.63) is 35.9 Å². The van der Waals surface area contributed by atoms with Gasteiger partial charge < -0.3 is 14.2 Å². The van der Waals surface area contributed by atoms with Crippen molar-refractivity contribution in [3.63, 3.8) is 0 Å². The molecular weight excluding hydrogens is 423 g/mol. The Balaban J connectivity index is 1.93. The molecule has 0 saturated carbocycles. The summed E-state index contributed by atoms with van der Waals surface area (Å²) in [6, 6.07) is 9.56. The molecule has 1 aliphatic rings. The fourth-order valence-corrected chi connectivity index (χ4v) is 6.37. The van der Waals surface area contributed by atoms with Gasteiger partial charge in [0.1, 0.15) is 6.54 Å².